The third kappa shape index (κ3) is 3.47. The molecule has 0 aliphatic heterocycles. The van der Waals surface area contributed by atoms with Crippen LogP contribution < -0.4 is 21.2 Å². The minimum absolute atomic E-state index is 0.232. The molecule has 1 aromatic carbocycles. The second-order valence-electron chi connectivity index (χ2n) is 5.00. The highest BCUT2D eigenvalue weighted by Gasteiger charge is 2.15. The number of pyridine rings is 1. The molecule has 0 radical (unpaired) electrons. The molecule has 2 amide bonds. The number of hydrazine groups is 1. The molecule has 0 spiro atoms. The van der Waals surface area contributed by atoms with Gasteiger partial charge in [-0.25, -0.2) is 4.79 Å². The Kier molecular flexibility index (Phi) is 4.42. The molecular formula is C17H13N3O5. The number of carbonyl (C=O) groups excluding carboxylic acids is 2. The number of benzene rings is 1. The Labute approximate surface area is 141 Å². The summed E-state index contributed by atoms with van der Waals surface area (Å²) in [6.45, 7) is 0. The number of carbonyl (C=O) groups is 2. The molecule has 0 fully saturated rings. The zero-order valence-electron chi connectivity index (χ0n) is 13.1. The lowest BCUT2D eigenvalue weighted by molar-refractivity contribution is 0.0844. The van der Waals surface area contributed by atoms with Gasteiger partial charge in [0.1, 0.15) is 16.9 Å². The van der Waals surface area contributed by atoms with Crippen LogP contribution in [0.5, 0.6) is 5.75 Å². The van der Waals surface area contributed by atoms with Crippen molar-refractivity contribution in [2.75, 3.05) is 7.11 Å². The van der Waals surface area contributed by atoms with E-state index >= 15 is 0 Å². The summed E-state index contributed by atoms with van der Waals surface area (Å²) in [5.74, 6) is -0.823. The van der Waals surface area contributed by atoms with Gasteiger partial charge >= 0.3 is 5.63 Å². The van der Waals surface area contributed by atoms with Gasteiger partial charge in [0, 0.05) is 23.8 Å². The van der Waals surface area contributed by atoms with Gasteiger partial charge in [0.15, 0.2) is 0 Å². The summed E-state index contributed by atoms with van der Waals surface area (Å²) in [6.07, 6.45) is 2.86. The van der Waals surface area contributed by atoms with Crippen LogP contribution in [0.1, 0.15) is 20.7 Å². The van der Waals surface area contributed by atoms with E-state index in [2.05, 4.69) is 15.8 Å². The molecule has 3 rings (SSSR count). The monoisotopic (exact) mass is 339 g/mol. The van der Waals surface area contributed by atoms with Crippen molar-refractivity contribution in [3.63, 3.8) is 0 Å². The third-order valence-corrected chi connectivity index (χ3v) is 3.40. The standard InChI is InChI=1S/C17H13N3O5/c1-24-12-5-4-10-7-13(17(23)25-14(10)8-12)16(22)20-19-15(21)11-3-2-6-18-9-11/h2-9H,1H3,(H,19,21)(H,20,22). The molecule has 2 N–H and O–H groups in total. The number of nitrogens with zero attached hydrogens (tertiary/aromatic N) is 1. The maximum atomic E-state index is 12.1. The first kappa shape index (κ1) is 16.2. The molecule has 2 heterocycles. The maximum Gasteiger partial charge on any atom is 0.349 e. The Bertz CT molecular complexity index is 998. The molecule has 0 unspecified atom stereocenters. The predicted octanol–water partition coefficient (Wildman–Crippen LogP) is 1.27. The van der Waals surface area contributed by atoms with Gasteiger partial charge in [-0.1, -0.05) is 0 Å². The van der Waals surface area contributed by atoms with Crippen LogP contribution in [0, 0.1) is 0 Å². The SMILES string of the molecule is COc1ccc2cc(C(=O)NNC(=O)c3cccnc3)c(=O)oc2c1. The highest BCUT2D eigenvalue weighted by molar-refractivity contribution is 6.00. The number of ether oxygens (including phenoxy) is 1. The van der Waals surface area contributed by atoms with Gasteiger partial charge < -0.3 is 9.15 Å². The van der Waals surface area contributed by atoms with Crippen molar-refractivity contribution in [2.45, 2.75) is 0 Å². The Hall–Kier alpha value is -3.68. The molecule has 2 aromatic heterocycles. The first-order valence-electron chi connectivity index (χ1n) is 7.21. The largest absolute Gasteiger partial charge is 0.497 e. The summed E-state index contributed by atoms with van der Waals surface area (Å²) >= 11 is 0. The molecule has 0 saturated heterocycles. The van der Waals surface area contributed by atoms with Crippen molar-refractivity contribution in [2.24, 2.45) is 0 Å². The normalized spacial score (nSPS) is 10.3. The Balaban J connectivity index is 1.79. The Morgan fingerprint density at radius 3 is 2.64 bits per heavy atom. The number of hydrogen-bond donors (Lipinski definition) is 2. The van der Waals surface area contributed by atoms with E-state index in [0.717, 1.165) is 0 Å². The fraction of sp³-hybridized carbons (Fsp3) is 0.0588. The summed E-state index contributed by atoms with van der Waals surface area (Å²) in [5, 5.41) is 0.545. The van der Waals surface area contributed by atoms with Crippen LogP contribution in [-0.2, 0) is 0 Å². The smallest absolute Gasteiger partial charge is 0.349 e. The van der Waals surface area contributed by atoms with E-state index in [0.29, 0.717) is 16.7 Å². The van der Waals surface area contributed by atoms with Crippen LogP contribution in [0.2, 0.25) is 0 Å². The lowest BCUT2D eigenvalue weighted by Gasteiger charge is -2.07. The summed E-state index contributed by atoms with van der Waals surface area (Å²) in [4.78, 5) is 39.8. The third-order valence-electron chi connectivity index (χ3n) is 3.40. The predicted molar refractivity (Wildman–Crippen MR) is 88.2 cm³/mol. The van der Waals surface area contributed by atoms with Crippen molar-refractivity contribution in [3.8, 4) is 5.75 Å². The molecule has 8 heteroatoms. The topological polar surface area (TPSA) is 111 Å². The van der Waals surface area contributed by atoms with Crippen LogP contribution in [0.15, 0.2) is 58.0 Å². The van der Waals surface area contributed by atoms with Gasteiger partial charge in [-0.3, -0.25) is 25.4 Å². The van der Waals surface area contributed by atoms with Crippen molar-refractivity contribution >= 4 is 22.8 Å². The number of fused-ring (bicyclic) bond motifs is 1. The average Bonchev–Trinajstić information content (AvgIpc) is 2.65. The molecule has 0 aliphatic carbocycles. The summed E-state index contributed by atoms with van der Waals surface area (Å²) < 4.78 is 10.2. The Morgan fingerprint density at radius 1 is 1.12 bits per heavy atom. The van der Waals surface area contributed by atoms with Crippen molar-refractivity contribution in [1.82, 2.24) is 15.8 Å². The number of hydrogen-bond acceptors (Lipinski definition) is 6. The van der Waals surface area contributed by atoms with E-state index in [4.69, 9.17) is 9.15 Å². The first-order chi connectivity index (χ1) is 12.1. The molecule has 8 nitrogen and oxygen atoms in total. The number of nitrogens with one attached hydrogen (secondary N) is 2. The fourth-order valence-corrected chi connectivity index (χ4v) is 2.13. The highest BCUT2D eigenvalue weighted by atomic mass is 16.5. The maximum absolute atomic E-state index is 12.1. The van der Waals surface area contributed by atoms with Crippen molar-refractivity contribution < 1.29 is 18.7 Å². The molecule has 0 aliphatic rings. The first-order valence-corrected chi connectivity index (χ1v) is 7.21. The number of amides is 2. The van der Waals surface area contributed by atoms with Crippen LogP contribution in [0.4, 0.5) is 0 Å². The Morgan fingerprint density at radius 2 is 1.92 bits per heavy atom. The highest BCUT2D eigenvalue weighted by Crippen LogP contribution is 2.20. The number of rotatable bonds is 3. The van der Waals surface area contributed by atoms with E-state index < -0.39 is 17.4 Å². The molecule has 126 valence electrons. The van der Waals surface area contributed by atoms with Gasteiger partial charge in [-0.05, 0) is 30.3 Å². The van der Waals surface area contributed by atoms with Gasteiger partial charge in [0.05, 0.1) is 12.7 Å². The molecular weight excluding hydrogens is 326 g/mol. The minimum atomic E-state index is -0.825. The van der Waals surface area contributed by atoms with Crippen molar-refractivity contribution in [3.05, 3.63) is 70.3 Å². The van der Waals surface area contributed by atoms with Gasteiger partial charge in [-0.15, -0.1) is 0 Å². The van der Waals surface area contributed by atoms with Crippen molar-refractivity contribution in [1.29, 1.82) is 0 Å². The molecule has 3 aromatic rings. The lowest BCUT2D eigenvalue weighted by atomic mass is 10.1. The minimum Gasteiger partial charge on any atom is -0.497 e. The molecule has 0 atom stereocenters. The lowest BCUT2D eigenvalue weighted by Crippen LogP contribution is -2.43. The summed E-state index contributed by atoms with van der Waals surface area (Å²) in [5.41, 5.74) is 3.88. The quantitative estimate of drug-likeness (QED) is 0.549. The van der Waals surface area contributed by atoms with Gasteiger partial charge in [0.2, 0.25) is 0 Å². The van der Waals surface area contributed by atoms with Gasteiger partial charge in [-0.2, -0.15) is 0 Å². The molecule has 25 heavy (non-hydrogen) atoms. The van der Waals surface area contributed by atoms with E-state index in [1.165, 1.54) is 31.6 Å². The second-order valence-corrected chi connectivity index (χ2v) is 5.00. The van der Waals surface area contributed by atoms with E-state index in [-0.39, 0.29) is 11.1 Å². The second kappa shape index (κ2) is 6.83. The van der Waals surface area contributed by atoms with Gasteiger partial charge in [0.25, 0.3) is 11.8 Å². The number of methoxy groups -OCH3 is 1. The van der Waals surface area contributed by atoms with E-state index in [9.17, 15) is 14.4 Å². The van der Waals surface area contributed by atoms with Crippen LogP contribution in [-0.4, -0.2) is 23.9 Å². The summed E-state index contributed by atoms with van der Waals surface area (Å²) in [6, 6.07) is 9.38. The number of aromatic nitrogens is 1. The fourth-order valence-electron chi connectivity index (χ4n) is 2.13. The zero-order chi connectivity index (χ0) is 17.8. The average molecular weight is 339 g/mol. The van der Waals surface area contributed by atoms with E-state index in [1.807, 2.05) is 0 Å². The van der Waals surface area contributed by atoms with E-state index in [1.54, 1.807) is 24.3 Å². The van der Waals surface area contributed by atoms with Crippen LogP contribution >= 0.6 is 0 Å². The summed E-state index contributed by atoms with van der Waals surface area (Å²) in [7, 11) is 1.49. The molecule has 0 saturated carbocycles. The van der Waals surface area contributed by atoms with Crippen LogP contribution in [0.3, 0.4) is 0 Å². The zero-order valence-corrected chi connectivity index (χ0v) is 13.1. The van der Waals surface area contributed by atoms with Crippen LogP contribution in [0.25, 0.3) is 11.0 Å². The molecule has 0 bridgehead atoms.